The Hall–Kier alpha value is -2.29. The zero-order valence-corrected chi connectivity index (χ0v) is 15.9. The number of hydrogen-bond donors (Lipinski definition) is 2. The number of sulfone groups is 1. The Balaban J connectivity index is 2.03. The number of rotatable bonds is 7. The van der Waals surface area contributed by atoms with E-state index in [1.165, 1.54) is 7.11 Å². The molecule has 2 N–H and O–H groups in total. The number of methoxy groups -OCH3 is 1. The van der Waals surface area contributed by atoms with Gasteiger partial charge in [0.1, 0.15) is 5.75 Å². The predicted molar refractivity (Wildman–Crippen MR) is 97.2 cm³/mol. The number of esters is 1. The fourth-order valence-electron chi connectivity index (χ4n) is 2.63. The Morgan fingerprint density at radius 2 is 2.04 bits per heavy atom. The average Bonchev–Trinajstić information content (AvgIpc) is 2.91. The molecule has 1 fully saturated rings. The lowest BCUT2D eigenvalue weighted by molar-refractivity contribution is -0.119. The number of benzene rings is 1. The Morgan fingerprint density at radius 1 is 1.31 bits per heavy atom. The van der Waals surface area contributed by atoms with Gasteiger partial charge in [-0.1, -0.05) is 0 Å². The van der Waals surface area contributed by atoms with Crippen molar-refractivity contribution in [1.29, 1.82) is 0 Å². The summed E-state index contributed by atoms with van der Waals surface area (Å²) >= 11 is 0. The highest BCUT2D eigenvalue weighted by Crippen LogP contribution is 2.27. The summed E-state index contributed by atoms with van der Waals surface area (Å²) in [6.07, 6.45) is 0.338. The van der Waals surface area contributed by atoms with Gasteiger partial charge in [-0.15, -0.1) is 0 Å². The van der Waals surface area contributed by atoms with Gasteiger partial charge in [0.25, 0.3) is 0 Å². The highest BCUT2D eigenvalue weighted by molar-refractivity contribution is 7.91. The number of carbonyl (C=O) groups is 2. The molecule has 2 rings (SSSR count). The lowest BCUT2D eigenvalue weighted by atomic mass is 10.2. The standard InChI is InChI=1S/C17H24N2O6S/c1-11(2)25-15-5-4-12(17(21)24-3)8-14(15)18-9-16(20)19-13-6-7-26(22,23)10-13/h4-5,8,11,13,18H,6-7,9-10H2,1-3H3,(H,19,20). The molecular weight excluding hydrogens is 360 g/mol. The molecule has 0 aliphatic carbocycles. The first-order valence-corrected chi connectivity index (χ1v) is 10.1. The van der Waals surface area contributed by atoms with Gasteiger partial charge in [-0.25, -0.2) is 13.2 Å². The number of hydrogen-bond acceptors (Lipinski definition) is 7. The van der Waals surface area contributed by atoms with Crippen LogP contribution in [0.25, 0.3) is 0 Å². The highest BCUT2D eigenvalue weighted by atomic mass is 32.2. The molecule has 0 bridgehead atoms. The zero-order chi connectivity index (χ0) is 19.3. The van der Waals surface area contributed by atoms with Gasteiger partial charge in [0.15, 0.2) is 9.84 Å². The van der Waals surface area contributed by atoms with Crippen molar-refractivity contribution in [3.63, 3.8) is 0 Å². The number of ether oxygens (including phenoxy) is 2. The molecule has 1 atom stereocenters. The predicted octanol–water partition coefficient (Wildman–Crippen LogP) is 0.976. The maximum Gasteiger partial charge on any atom is 0.337 e. The SMILES string of the molecule is COC(=O)c1ccc(OC(C)C)c(NCC(=O)NC2CCS(=O)(=O)C2)c1. The average molecular weight is 384 g/mol. The van der Waals surface area contributed by atoms with E-state index in [0.717, 1.165) is 0 Å². The molecule has 1 aliphatic heterocycles. The molecule has 1 aliphatic rings. The van der Waals surface area contributed by atoms with Crippen LogP contribution in [0.15, 0.2) is 18.2 Å². The van der Waals surface area contributed by atoms with E-state index in [0.29, 0.717) is 23.4 Å². The van der Waals surface area contributed by atoms with E-state index < -0.39 is 15.8 Å². The minimum Gasteiger partial charge on any atom is -0.489 e. The maximum absolute atomic E-state index is 12.1. The van der Waals surface area contributed by atoms with Crippen molar-refractivity contribution in [1.82, 2.24) is 5.32 Å². The van der Waals surface area contributed by atoms with Crippen LogP contribution in [-0.4, -0.2) is 57.6 Å². The maximum atomic E-state index is 12.1. The summed E-state index contributed by atoms with van der Waals surface area (Å²) in [4.78, 5) is 23.8. The van der Waals surface area contributed by atoms with Crippen molar-refractivity contribution in [3.05, 3.63) is 23.8 Å². The topological polar surface area (TPSA) is 111 Å². The van der Waals surface area contributed by atoms with E-state index in [1.807, 2.05) is 13.8 Å². The number of nitrogens with one attached hydrogen (secondary N) is 2. The van der Waals surface area contributed by atoms with Crippen molar-refractivity contribution in [3.8, 4) is 5.75 Å². The van der Waals surface area contributed by atoms with Crippen LogP contribution in [0.1, 0.15) is 30.6 Å². The molecule has 9 heteroatoms. The Labute approximate surface area is 153 Å². The monoisotopic (exact) mass is 384 g/mol. The van der Waals surface area contributed by atoms with E-state index in [2.05, 4.69) is 10.6 Å². The minimum absolute atomic E-state index is 0.0295. The van der Waals surface area contributed by atoms with Gasteiger partial charge >= 0.3 is 5.97 Å². The summed E-state index contributed by atoms with van der Waals surface area (Å²) in [5, 5.41) is 5.64. The van der Waals surface area contributed by atoms with Crippen LogP contribution in [0.3, 0.4) is 0 Å². The smallest absolute Gasteiger partial charge is 0.337 e. The van der Waals surface area contributed by atoms with E-state index in [9.17, 15) is 18.0 Å². The van der Waals surface area contributed by atoms with Crippen molar-refractivity contribution >= 4 is 27.4 Å². The van der Waals surface area contributed by atoms with Crippen molar-refractivity contribution in [2.45, 2.75) is 32.4 Å². The zero-order valence-electron chi connectivity index (χ0n) is 15.1. The first-order chi connectivity index (χ1) is 12.2. The number of carbonyl (C=O) groups excluding carboxylic acids is 2. The third kappa shape index (κ3) is 5.62. The third-order valence-corrected chi connectivity index (χ3v) is 5.57. The largest absolute Gasteiger partial charge is 0.489 e. The molecular formula is C17H24N2O6S. The number of anilines is 1. The van der Waals surface area contributed by atoms with E-state index in [-0.39, 0.29) is 36.1 Å². The lowest BCUT2D eigenvalue weighted by Crippen LogP contribution is -2.39. The van der Waals surface area contributed by atoms with E-state index in [4.69, 9.17) is 9.47 Å². The Bertz CT molecular complexity index is 775. The summed E-state index contributed by atoms with van der Waals surface area (Å²) < 4.78 is 33.3. The third-order valence-electron chi connectivity index (χ3n) is 3.80. The second-order valence-electron chi connectivity index (χ2n) is 6.39. The van der Waals surface area contributed by atoms with Crippen LogP contribution in [0.2, 0.25) is 0 Å². The molecule has 0 spiro atoms. The molecule has 8 nitrogen and oxygen atoms in total. The molecule has 0 saturated carbocycles. The lowest BCUT2D eigenvalue weighted by Gasteiger charge is -2.17. The van der Waals surface area contributed by atoms with Gasteiger partial charge in [0.05, 0.1) is 42.5 Å². The van der Waals surface area contributed by atoms with Gasteiger partial charge in [0, 0.05) is 6.04 Å². The first-order valence-electron chi connectivity index (χ1n) is 8.33. The van der Waals surface area contributed by atoms with Gasteiger partial charge in [-0.2, -0.15) is 0 Å². The molecule has 1 aromatic carbocycles. The molecule has 1 amide bonds. The normalized spacial score (nSPS) is 18.4. The van der Waals surface area contributed by atoms with Crippen molar-refractivity contribution in [2.24, 2.45) is 0 Å². The summed E-state index contributed by atoms with van der Waals surface area (Å²) in [6.45, 7) is 3.66. The molecule has 1 unspecified atom stereocenters. The molecule has 1 aromatic rings. The van der Waals surface area contributed by atoms with E-state index >= 15 is 0 Å². The number of amides is 1. The van der Waals surface area contributed by atoms with Crippen LogP contribution >= 0.6 is 0 Å². The Morgan fingerprint density at radius 3 is 2.62 bits per heavy atom. The fourth-order valence-corrected chi connectivity index (χ4v) is 4.31. The van der Waals surface area contributed by atoms with E-state index in [1.54, 1.807) is 18.2 Å². The first kappa shape index (κ1) is 20.0. The molecule has 1 heterocycles. The quantitative estimate of drug-likeness (QED) is 0.674. The van der Waals surface area contributed by atoms with Crippen LogP contribution in [0.5, 0.6) is 5.75 Å². The fraction of sp³-hybridized carbons (Fsp3) is 0.529. The summed E-state index contributed by atoms with van der Waals surface area (Å²) in [6, 6.07) is 4.41. The van der Waals surface area contributed by atoms with Gasteiger partial charge in [-0.05, 0) is 38.5 Å². The summed E-state index contributed by atoms with van der Waals surface area (Å²) in [5.41, 5.74) is 0.809. The van der Waals surface area contributed by atoms with Gasteiger partial charge in [-0.3, -0.25) is 4.79 Å². The molecule has 0 radical (unpaired) electrons. The van der Waals surface area contributed by atoms with Gasteiger partial charge < -0.3 is 20.1 Å². The van der Waals surface area contributed by atoms with Crippen LogP contribution in [0.4, 0.5) is 5.69 Å². The summed E-state index contributed by atoms with van der Waals surface area (Å²) in [7, 11) is -1.76. The molecule has 26 heavy (non-hydrogen) atoms. The van der Waals surface area contributed by atoms with Crippen molar-refractivity contribution in [2.75, 3.05) is 30.5 Å². The molecule has 1 saturated heterocycles. The second-order valence-corrected chi connectivity index (χ2v) is 8.62. The van der Waals surface area contributed by atoms with Crippen molar-refractivity contribution < 1.29 is 27.5 Å². The van der Waals surface area contributed by atoms with Gasteiger partial charge in [0.2, 0.25) is 5.91 Å². The minimum atomic E-state index is -3.05. The molecule has 144 valence electrons. The Kier molecular flexibility index (Phi) is 6.47. The summed E-state index contributed by atoms with van der Waals surface area (Å²) in [5.74, 6) is -0.253. The van der Waals surface area contributed by atoms with Crippen LogP contribution in [-0.2, 0) is 19.4 Å². The second kappa shape index (κ2) is 8.39. The molecule has 0 aromatic heterocycles. The highest BCUT2D eigenvalue weighted by Gasteiger charge is 2.28. The van der Waals surface area contributed by atoms with Crippen LogP contribution < -0.4 is 15.4 Å². The van der Waals surface area contributed by atoms with Crippen LogP contribution in [0, 0.1) is 0 Å².